The van der Waals surface area contributed by atoms with Crippen LogP contribution in [0.15, 0.2) is 72.9 Å². The number of hydrogen-bond donors (Lipinski definition) is 0. The van der Waals surface area contributed by atoms with Gasteiger partial charge in [-0.25, -0.2) is 0 Å². The summed E-state index contributed by atoms with van der Waals surface area (Å²) >= 11 is 2.46. The molecule has 0 saturated carbocycles. The van der Waals surface area contributed by atoms with Gasteiger partial charge in [-0.1, -0.05) is 64.1 Å². The third-order valence-corrected chi connectivity index (χ3v) is 9.28. The van der Waals surface area contributed by atoms with Gasteiger partial charge in [0.25, 0.3) is 0 Å². The molecule has 1 aromatic heterocycles. The van der Waals surface area contributed by atoms with E-state index in [0.717, 1.165) is 11.6 Å². The van der Waals surface area contributed by atoms with Crippen molar-refractivity contribution in [1.82, 2.24) is 15.4 Å². The second kappa shape index (κ2) is 8.63. The Morgan fingerprint density at radius 3 is 1.92 bits per heavy atom. The summed E-state index contributed by atoms with van der Waals surface area (Å²) in [6.07, 6.45) is 5.29. The lowest BCUT2D eigenvalue weighted by atomic mass is 10.4. The molecule has 0 amide bonds. The maximum Gasteiger partial charge on any atom is 0.216 e. The van der Waals surface area contributed by atoms with Gasteiger partial charge < -0.3 is 0 Å². The van der Waals surface area contributed by atoms with Crippen molar-refractivity contribution in [1.29, 1.82) is 0 Å². The Kier molecular flexibility index (Phi) is 6.27. The Bertz CT molecular complexity index is 642. The summed E-state index contributed by atoms with van der Waals surface area (Å²) in [7, 11) is -1.80. The monoisotopic (exact) mass is 452 g/mol. The first-order valence-corrected chi connectivity index (χ1v) is 11.6. The quantitative estimate of drug-likeness (QED) is 0.239. The van der Waals surface area contributed by atoms with E-state index >= 15 is 0 Å². The Balaban J connectivity index is 2.20. The van der Waals surface area contributed by atoms with E-state index in [2.05, 4.69) is 98.7 Å². The normalized spacial score (nSPS) is 11.4. The molecule has 0 atom stereocenters. The lowest BCUT2D eigenvalue weighted by Gasteiger charge is -2.25. The Hall–Kier alpha value is -1.39. The van der Waals surface area contributed by atoms with E-state index in [4.69, 9.17) is 0 Å². The van der Waals surface area contributed by atoms with Crippen LogP contribution in [0.2, 0.25) is 0 Å². The minimum Gasteiger partial charge on any atom is -0.138 e. The van der Waals surface area contributed by atoms with Gasteiger partial charge in [0.05, 0.1) is 12.4 Å². The fraction of sp³-hybridized carbons (Fsp3) is 0.211. The molecule has 0 aliphatic carbocycles. The molecule has 0 bridgehead atoms. The number of halogens is 1. The van der Waals surface area contributed by atoms with E-state index in [1.165, 1.54) is 27.9 Å². The number of aromatic nitrogens is 3. The zero-order valence-electron chi connectivity index (χ0n) is 13.4. The van der Waals surface area contributed by atoms with E-state index in [-0.39, 0.29) is 0 Å². The summed E-state index contributed by atoms with van der Waals surface area (Å²) in [6, 6.07) is 23.7. The molecule has 3 aromatic rings. The molecule has 0 radical (unpaired) electrons. The lowest BCUT2D eigenvalue weighted by molar-refractivity contribution is 0.878. The summed E-state index contributed by atoms with van der Waals surface area (Å²) in [4.78, 5) is 0. The Morgan fingerprint density at radius 2 is 1.42 bits per heavy atom. The maximum absolute atomic E-state index is 4.47. The highest BCUT2D eigenvalue weighted by Gasteiger charge is 2.46. The zero-order valence-corrected chi connectivity index (χ0v) is 16.5. The number of alkyl halides is 1. The molecule has 3 nitrogen and oxygen atoms in total. The van der Waals surface area contributed by atoms with Crippen molar-refractivity contribution in [2.24, 2.45) is 0 Å². The standard InChI is InChI=1S/C19H20IN3P/c20-14-7-8-16-24(17-9-3-1-4-10-17,18-11-5-2-6-12-18)19-13-15-21-23-22-19/h1-6,9-13,15H,7-8,14,16H2/q+1/i20+4. The molecule has 5 heteroatoms. The summed E-state index contributed by atoms with van der Waals surface area (Å²) in [6.45, 7) is 0. The Morgan fingerprint density at radius 1 is 0.792 bits per heavy atom. The molecule has 0 unspecified atom stereocenters. The molecular weight excluding hydrogens is 432 g/mol. The highest BCUT2D eigenvalue weighted by Crippen LogP contribution is 2.55. The maximum atomic E-state index is 4.47. The van der Waals surface area contributed by atoms with Gasteiger partial charge in [-0.05, 0) is 46.7 Å². The third-order valence-electron chi connectivity index (χ3n) is 4.15. The van der Waals surface area contributed by atoms with Crippen LogP contribution in [0.4, 0.5) is 0 Å². The van der Waals surface area contributed by atoms with Crippen LogP contribution in [0, 0.1) is 0 Å². The van der Waals surface area contributed by atoms with Crippen molar-refractivity contribution in [3.8, 4) is 0 Å². The average molecular weight is 452 g/mol. The summed E-state index contributed by atoms with van der Waals surface area (Å²) in [5.74, 6) is 0. The van der Waals surface area contributed by atoms with Crippen LogP contribution in [-0.4, -0.2) is 26.0 Å². The van der Waals surface area contributed by atoms with Crippen molar-refractivity contribution in [3.05, 3.63) is 72.9 Å². The Labute approximate surface area is 157 Å². The minimum atomic E-state index is -1.80. The summed E-state index contributed by atoms with van der Waals surface area (Å²) in [5, 5.41) is 15.1. The summed E-state index contributed by atoms with van der Waals surface area (Å²) in [5.41, 5.74) is 1.07. The molecule has 0 aliphatic rings. The van der Waals surface area contributed by atoms with E-state index < -0.39 is 7.26 Å². The predicted octanol–water partition coefficient (Wildman–Crippen LogP) is 3.38. The molecule has 0 saturated heterocycles. The van der Waals surface area contributed by atoms with Crippen molar-refractivity contribution in [2.45, 2.75) is 12.8 Å². The van der Waals surface area contributed by atoms with E-state index in [1.807, 2.05) is 6.07 Å². The minimum absolute atomic E-state index is 1.07. The molecule has 3 rings (SSSR count). The molecule has 0 spiro atoms. The molecular formula is C19H20IN3P+. The number of nitrogens with zero attached hydrogens (tertiary/aromatic N) is 3. The molecule has 2 aromatic carbocycles. The highest BCUT2D eigenvalue weighted by atomic mass is 131. The molecule has 24 heavy (non-hydrogen) atoms. The van der Waals surface area contributed by atoms with Crippen molar-refractivity contribution < 1.29 is 0 Å². The van der Waals surface area contributed by atoms with Crippen LogP contribution in [0.3, 0.4) is 0 Å². The lowest BCUT2D eigenvalue weighted by Crippen LogP contribution is -2.35. The van der Waals surface area contributed by atoms with Gasteiger partial charge in [0, 0.05) is 6.07 Å². The molecule has 0 fully saturated rings. The smallest absolute Gasteiger partial charge is 0.138 e. The van der Waals surface area contributed by atoms with Crippen LogP contribution in [0.1, 0.15) is 12.8 Å². The summed E-state index contributed by atoms with van der Waals surface area (Å²) < 4.78 is 1.18. The predicted molar refractivity (Wildman–Crippen MR) is 112 cm³/mol. The zero-order chi connectivity index (χ0) is 16.7. The molecule has 0 aliphatic heterocycles. The highest BCUT2D eigenvalue weighted by molar-refractivity contribution is 14.1. The van der Waals surface area contributed by atoms with Gasteiger partial charge in [-0.2, -0.15) is 0 Å². The van der Waals surface area contributed by atoms with Gasteiger partial charge in [0.1, 0.15) is 17.9 Å². The van der Waals surface area contributed by atoms with E-state index in [1.54, 1.807) is 6.20 Å². The fourth-order valence-corrected chi connectivity index (χ4v) is 7.72. The molecule has 122 valence electrons. The number of unbranched alkanes of at least 4 members (excludes halogenated alkanes) is 1. The van der Waals surface area contributed by atoms with E-state index in [0.29, 0.717) is 0 Å². The first-order valence-electron chi connectivity index (χ1n) is 8.08. The van der Waals surface area contributed by atoms with Gasteiger partial charge in [-0.3, -0.25) is 0 Å². The number of benzene rings is 2. The number of hydrogen-bond acceptors (Lipinski definition) is 3. The van der Waals surface area contributed by atoms with E-state index in [9.17, 15) is 0 Å². The van der Waals surface area contributed by atoms with Crippen LogP contribution in [0.5, 0.6) is 0 Å². The second-order valence-electron chi connectivity index (χ2n) is 5.58. The SMILES string of the molecule is [131I]CCCC[P+](c1ccccc1)(c1ccccc1)c1ccnnn1. The fourth-order valence-electron chi connectivity index (χ4n) is 3.03. The first kappa shape index (κ1) is 17.4. The first-order chi connectivity index (χ1) is 11.9. The second-order valence-corrected chi connectivity index (χ2v) is 10.2. The molecule has 0 N–H and O–H groups in total. The topological polar surface area (TPSA) is 38.7 Å². The van der Waals surface area contributed by atoms with Gasteiger partial charge >= 0.3 is 0 Å². The van der Waals surface area contributed by atoms with Crippen LogP contribution >= 0.6 is 29.9 Å². The van der Waals surface area contributed by atoms with Crippen molar-refractivity contribution in [3.63, 3.8) is 0 Å². The average Bonchev–Trinajstić information content (AvgIpc) is 2.68. The van der Waals surface area contributed by atoms with Gasteiger partial charge in [0.2, 0.25) is 5.44 Å². The van der Waals surface area contributed by atoms with Crippen molar-refractivity contribution in [2.75, 3.05) is 10.6 Å². The largest absolute Gasteiger partial charge is 0.216 e. The number of rotatable bonds is 7. The van der Waals surface area contributed by atoms with Gasteiger partial charge in [0.15, 0.2) is 0 Å². The van der Waals surface area contributed by atoms with Crippen LogP contribution in [0.25, 0.3) is 0 Å². The van der Waals surface area contributed by atoms with Crippen LogP contribution in [-0.2, 0) is 0 Å². The van der Waals surface area contributed by atoms with Gasteiger partial charge in [-0.15, -0.1) is 5.10 Å². The van der Waals surface area contributed by atoms with Crippen LogP contribution < -0.4 is 16.0 Å². The molecule has 1 heterocycles. The van der Waals surface area contributed by atoms with Crippen molar-refractivity contribution >= 4 is 45.9 Å². The third kappa shape index (κ3) is 3.65.